The number of fused-ring (bicyclic) bond motifs is 3. The van der Waals surface area contributed by atoms with Crippen LogP contribution in [-0.2, 0) is 19.3 Å². The van der Waals surface area contributed by atoms with Crippen LogP contribution in [0.15, 0.2) is 18.2 Å². The first-order chi connectivity index (χ1) is 8.33. The van der Waals surface area contributed by atoms with Gasteiger partial charge in [-0.25, -0.2) is 0 Å². The van der Waals surface area contributed by atoms with Crippen molar-refractivity contribution in [2.24, 2.45) is 11.7 Å². The molecule has 3 N–H and O–H groups in total. The van der Waals surface area contributed by atoms with E-state index in [4.69, 9.17) is 5.73 Å². The fourth-order valence-corrected chi connectivity index (χ4v) is 3.07. The van der Waals surface area contributed by atoms with Gasteiger partial charge in [-0.3, -0.25) is 0 Å². The molecule has 1 aliphatic carbocycles. The van der Waals surface area contributed by atoms with Crippen molar-refractivity contribution >= 4 is 10.9 Å². The Morgan fingerprint density at radius 1 is 1.41 bits per heavy atom. The van der Waals surface area contributed by atoms with Gasteiger partial charge in [0.15, 0.2) is 0 Å². The van der Waals surface area contributed by atoms with Crippen LogP contribution >= 0.6 is 0 Å². The van der Waals surface area contributed by atoms with Gasteiger partial charge in [0.05, 0.1) is 0 Å². The van der Waals surface area contributed by atoms with Crippen molar-refractivity contribution < 1.29 is 0 Å². The predicted octanol–water partition coefficient (Wildman–Crippen LogP) is 2.79. The second-order valence-corrected chi connectivity index (χ2v) is 5.12. The van der Waals surface area contributed by atoms with Crippen LogP contribution in [0.1, 0.15) is 30.2 Å². The van der Waals surface area contributed by atoms with Crippen LogP contribution in [0.2, 0.25) is 0 Å². The van der Waals surface area contributed by atoms with Crippen LogP contribution < -0.4 is 5.73 Å². The summed E-state index contributed by atoms with van der Waals surface area (Å²) in [6.07, 6.45) is 4.64. The third-order valence-electron chi connectivity index (χ3n) is 4.13. The summed E-state index contributed by atoms with van der Waals surface area (Å²) < 4.78 is 0. The molecule has 1 atom stereocenters. The molecule has 1 aliphatic rings. The molecule has 2 aromatic rings. The van der Waals surface area contributed by atoms with Crippen molar-refractivity contribution in [3.63, 3.8) is 0 Å². The Labute approximate surface area is 102 Å². The number of benzene rings is 1. The number of para-hydroxylation sites is 1. The molecular formula is C15H20N2. The first-order valence-corrected chi connectivity index (χ1v) is 6.64. The molecule has 0 bridgehead atoms. The Bertz CT molecular complexity index is 539. The van der Waals surface area contributed by atoms with Crippen molar-refractivity contribution in [1.29, 1.82) is 0 Å². The summed E-state index contributed by atoms with van der Waals surface area (Å²) in [6, 6.07) is 6.66. The normalized spacial score (nSPS) is 19.5. The minimum atomic E-state index is 0.673. The molecule has 1 unspecified atom stereocenters. The number of aromatic nitrogens is 1. The Balaban J connectivity index is 2.16. The van der Waals surface area contributed by atoms with Gasteiger partial charge in [-0.05, 0) is 49.3 Å². The van der Waals surface area contributed by atoms with Crippen molar-refractivity contribution in [2.45, 2.75) is 32.6 Å². The lowest BCUT2D eigenvalue weighted by molar-refractivity contribution is 0.468. The second kappa shape index (κ2) is 4.19. The topological polar surface area (TPSA) is 41.8 Å². The molecule has 0 aliphatic heterocycles. The molecule has 1 aromatic carbocycles. The molecule has 1 aromatic heterocycles. The highest BCUT2D eigenvalue weighted by Gasteiger charge is 2.21. The third-order valence-corrected chi connectivity index (χ3v) is 4.13. The molecule has 90 valence electrons. The zero-order chi connectivity index (χ0) is 11.8. The maximum atomic E-state index is 5.82. The van der Waals surface area contributed by atoms with E-state index in [1.165, 1.54) is 34.1 Å². The summed E-state index contributed by atoms with van der Waals surface area (Å²) in [5, 5.41) is 1.43. The number of H-pyrrole nitrogens is 1. The summed E-state index contributed by atoms with van der Waals surface area (Å²) in [7, 11) is 0. The summed E-state index contributed by atoms with van der Waals surface area (Å²) in [6.45, 7) is 3.04. The molecule has 0 fully saturated rings. The van der Waals surface area contributed by atoms with E-state index >= 15 is 0 Å². The van der Waals surface area contributed by atoms with Gasteiger partial charge < -0.3 is 10.7 Å². The third kappa shape index (κ3) is 1.67. The van der Waals surface area contributed by atoms with Crippen molar-refractivity contribution in [3.8, 4) is 0 Å². The van der Waals surface area contributed by atoms with E-state index in [-0.39, 0.29) is 0 Å². The number of rotatable bonds is 2. The maximum absolute atomic E-state index is 5.82. The highest BCUT2D eigenvalue weighted by atomic mass is 14.7. The SMILES string of the molecule is CCc1cccc2c3c([nH]c12)CCC(CN)C3. The summed E-state index contributed by atoms with van der Waals surface area (Å²) >= 11 is 0. The van der Waals surface area contributed by atoms with Crippen LogP contribution in [0.3, 0.4) is 0 Å². The van der Waals surface area contributed by atoms with Crippen LogP contribution in [0.5, 0.6) is 0 Å². The molecule has 3 rings (SSSR count). The Morgan fingerprint density at radius 2 is 2.29 bits per heavy atom. The minimum Gasteiger partial charge on any atom is -0.358 e. The van der Waals surface area contributed by atoms with Gasteiger partial charge in [0, 0.05) is 16.6 Å². The number of nitrogens with one attached hydrogen (secondary N) is 1. The van der Waals surface area contributed by atoms with Crippen LogP contribution in [0.4, 0.5) is 0 Å². The van der Waals surface area contributed by atoms with Gasteiger partial charge in [-0.15, -0.1) is 0 Å². The summed E-state index contributed by atoms with van der Waals surface area (Å²) in [5.41, 5.74) is 11.6. The number of nitrogens with two attached hydrogens (primary N) is 1. The highest BCUT2D eigenvalue weighted by Crippen LogP contribution is 2.32. The van der Waals surface area contributed by atoms with Gasteiger partial charge in [0.25, 0.3) is 0 Å². The molecule has 2 heteroatoms. The van der Waals surface area contributed by atoms with Gasteiger partial charge in [0.2, 0.25) is 0 Å². The Kier molecular flexibility index (Phi) is 2.67. The molecule has 0 radical (unpaired) electrons. The van der Waals surface area contributed by atoms with E-state index < -0.39 is 0 Å². The number of hydrogen-bond donors (Lipinski definition) is 2. The second-order valence-electron chi connectivity index (χ2n) is 5.12. The quantitative estimate of drug-likeness (QED) is 0.815. The van der Waals surface area contributed by atoms with Crippen molar-refractivity contribution in [1.82, 2.24) is 4.98 Å². The van der Waals surface area contributed by atoms with Crippen LogP contribution in [-0.4, -0.2) is 11.5 Å². The molecule has 17 heavy (non-hydrogen) atoms. The fourth-order valence-electron chi connectivity index (χ4n) is 3.07. The lowest BCUT2D eigenvalue weighted by Crippen LogP contribution is -2.21. The van der Waals surface area contributed by atoms with Gasteiger partial charge in [0.1, 0.15) is 0 Å². The van der Waals surface area contributed by atoms with Gasteiger partial charge >= 0.3 is 0 Å². The lowest BCUT2D eigenvalue weighted by Gasteiger charge is -2.20. The molecule has 1 heterocycles. The average Bonchev–Trinajstić information content (AvgIpc) is 2.76. The van der Waals surface area contributed by atoms with Gasteiger partial charge in [-0.2, -0.15) is 0 Å². The first-order valence-electron chi connectivity index (χ1n) is 6.64. The van der Waals surface area contributed by atoms with Gasteiger partial charge in [-0.1, -0.05) is 25.1 Å². The molecule has 0 saturated carbocycles. The molecule has 0 saturated heterocycles. The molecular weight excluding hydrogens is 208 g/mol. The monoisotopic (exact) mass is 228 g/mol. The Morgan fingerprint density at radius 3 is 3.06 bits per heavy atom. The van der Waals surface area contributed by atoms with Crippen LogP contribution in [0, 0.1) is 5.92 Å². The standard InChI is InChI=1S/C15H20N2/c1-2-11-4-3-5-12-13-8-10(9-16)6-7-14(13)17-15(11)12/h3-5,10,17H,2,6-9,16H2,1H3. The molecule has 0 amide bonds. The Hall–Kier alpha value is -1.28. The van der Waals surface area contributed by atoms with E-state index in [2.05, 4.69) is 30.1 Å². The van der Waals surface area contributed by atoms with Crippen molar-refractivity contribution in [2.75, 3.05) is 6.54 Å². The highest BCUT2D eigenvalue weighted by molar-refractivity contribution is 5.87. The molecule has 2 nitrogen and oxygen atoms in total. The minimum absolute atomic E-state index is 0.673. The lowest BCUT2D eigenvalue weighted by atomic mass is 9.86. The van der Waals surface area contributed by atoms with E-state index in [0.717, 1.165) is 25.8 Å². The smallest absolute Gasteiger partial charge is 0.0491 e. The van der Waals surface area contributed by atoms with E-state index in [1.807, 2.05) is 0 Å². The van der Waals surface area contributed by atoms with E-state index in [9.17, 15) is 0 Å². The largest absolute Gasteiger partial charge is 0.358 e. The zero-order valence-corrected chi connectivity index (χ0v) is 10.4. The zero-order valence-electron chi connectivity index (χ0n) is 10.4. The maximum Gasteiger partial charge on any atom is 0.0491 e. The number of aromatic amines is 1. The fraction of sp³-hybridized carbons (Fsp3) is 0.467. The molecule has 0 spiro atoms. The number of hydrogen-bond acceptors (Lipinski definition) is 1. The predicted molar refractivity (Wildman–Crippen MR) is 72.2 cm³/mol. The van der Waals surface area contributed by atoms with E-state index in [1.54, 1.807) is 0 Å². The average molecular weight is 228 g/mol. The van der Waals surface area contributed by atoms with E-state index in [0.29, 0.717) is 5.92 Å². The first kappa shape index (κ1) is 10.8. The number of aryl methyl sites for hydroxylation is 2. The van der Waals surface area contributed by atoms with Crippen LogP contribution in [0.25, 0.3) is 10.9 Å². The summed E-state index contributed by atoms with van der Waals surface area (Å²) in [4.78, 5) is 3.64. The summed E-state index contributed by atoms with van der Waals surface area (Å²) in [5.74, 6) is 0.673. The van der Waals surface area contributed by atoms with Crippen molar-refractivity contribution in [3.05, 3.63) is 35.0 Å².